The van der Waals surface area contributed by atoms with Crippen LogP contribution in [0, 0.1) is 13.8 Å². The van der Waals surface area contributed by atoms with Crippen LogP contribution in [0.5, 0.6) is 5.75 Å². The molecule has 22 heavy (non-hydrogen) atoms. The predicted molar refractivity (Wildman–Crippen MR) is 93.3 cm³/mol. The van der Waals surface area contributed by atoms with Crippen LogP contribution < -0.4 is 4.74 Å². The van der Waals surface area contributed by atoms with Crippen LogP contribution in [0.3, 0.4) is 0 Å². The lowest BCUT2D eigenvalue weighted by Crippen LogP contribution is -1.91. The molecule has 0 amide bonds. The third-order valence-corrected chi connectivity index (χ3v) is 4.20. The summed E-state index contributed by atoms with van der Waals surface area (Å²) in [5, 5.41) is 0. The van der Waals surface area contributed by atoms with Crippen molar-refractivity contribution in [1.29, 1.82) is 0 Å². The number of hydrogen-bond acceptors (Lipinski definition) is 1. The number of methoxy groups -OCH3 is 1. The summed E-state index contributed by atoms with van der Waals surface area (Å²) >= 11 is 0. The van der Waals surface area contributed by atoms with E-state index in [1.807, 2.05) is 12.1 Å². The van der Waals surface area contributed by atoms with Gasteiger partial charge in [-0.2, -0.15) is 0 Å². The molecule has 0 aromatic heterocycles. The normalized spacial score (nSPS) is 10.5. The van der Waals surface area contributed by atoms with E-state index in [1.54, 1.807) is 7.11 Å². The highest BCUT2D eigenvalue weighted by molar-refractivity contribution is 5.85. The van der Waals surface area contributed by atoms with E-state index in [1.165, 1.54) is 33.4 Å². The van der Waals surface area contributed by atoms with Crippen LogP contribution in [0.25, 0.3) is 22.3 Å². The number of ether oxygens (including phenoxy) is 1. The summed E-state index contributed by atoms with van der Waals surface area (Å²) in [5.41, 5.74) is 7.61. The molecule has 1 heteroatoms. The summed E-state index contributed by atoms with van der Waals surface area (Å²) in [4.78, 5) is 0. The summed E-state index contributed by atoms with van der Waals surface area (Å²) in [6.07, 6.45) is 0. The van der Waals surface area contributed by atoms with Crippen molar-refractivity contribution in [1.82, 2.24) is 0 Å². The summed E-state index contributed by atoms with van der Waals surface area (Å²) in [5.74, 6) is 0.883. The molecule has 0 heterocycles. The second-order valence-corrected chi connectivity index (χ2v) is 5.53. The number of benzene rings is 3. The van der Waals surface area contributed by atoms with Gasteiger partial charge in [0.05, 0.1) is 7.11 Å². The monoisotopic (exact) mass is 288 g/mol. The summed E-state index contributed by atoms with van der Waals surface area (Å²) in [6, 6.07) is 23.3. The molecular weight excluding hydrogens is 268 g/mol. The molecule has 0 aliphatic rings. The topological polar surface area (TPSA) is 9.23 Å². The third-order valence-electron chi connectivity index (χ3n) is 4.20. The van der Waals surface area contributed by atoms with Gasteiger partial charge in [-0.25, -0.2) is 0 Å². The van der Waals surface area contributed by atoms with Gasteiger partial charge in [0.2, 0.25) is 0 Å². The molecule has 0 N–H and O–H groups in total. The van der Waals surface area contributed by atoms with Gasteiger partial charge in [0, 0.05) is 0 Å². The smallest absolute Gasteiger partial charge is 0.119 e. The zero-order chi connectivity index (χ0) is 15.5. The lowest BCUT2D eigenvalue weighted by molar-refractivity contribution is 0.415. The standard InChI is InChI=1S/C21H20O/c1-15-8-6-13-19(16(15)2)21-12-5-4-11-20(21)17-9-7-10-18(14-17)22-3/h4-14H,1-3H3. The minimum absolute atomic E-state index is 0.883. The lowest BCUT2D eigenvalue weighted by Gasteiger charge is -2.14. The first kappa shape index (κ1) is 14.4. The summed E-state index contributed by atoms with van der Waals surface area (Å²) in [6.45, 7) is 4.35. The number of hydrogen-bond donors (Lipinski definition) is 0. The van der Waals surface area contributed by atoms with Gasteiger partial charge >= 0.3 is 0 Å². The maximum atomic E-state index is 5.36. The minimum Gasteiger partial charge on any atom is -0.497 e. The molecule has 0 bridgehead atoms. The molecule has 0 aliphatic heterocycles. The fraction of sp³-hybridized carbons (Fsp3) is 0.143. The van der Waals surface area contributed by atoms with Crippen LogP contribution in [0.1, 0.15) is 11.1 Å². The van der Waals surface area contributed by atoms with Crippen molar-refractivity contribution in [3.63, 3.8) is 0 Å². The fourth-order valence-electron chi connectivity index (χ4n) is 2.80. The minimum atomic E-state index is 0.883. The van der Waals surface area contributed by atoms with Crippen LogP contribution in [-0.4, -0.2) is 7.11 Å². The van der Waals surface area contributed by atoms with Gasteiger partial charge in [0.15, 0.2) is 0 Å². The van der Waals surface area contributed by atoms with Gasteiger partial charge in [-0.3, -0.25) is 0 Å². The molecule has 1 nitrogen and oxygen atoms in total. The van der Waals surface area contributed by atoms with Crippen molar-refractivity contribution < 1.29 is 4.74 Å². The average molecular weight is 288 g/mol. The van der Waals surface area contributed by atoms with E-state index in [0.29, 0.717) is 0 Å². The van der Waals surface area contributed by atoms with Crippen molar-refractivity contribution in [2.75, 3.05) is 7.11 Å². The van der Waals surface area contributed by atoms with Crippen molar-refractivity contribution in [3.05, 3.63) is 77.9 Å². The van der Waals surface area contributed by atoms with Gasteiger partial charge in [-0.05, 0) is 59.4 Å². The van der Waals surface area contributed by atoms with Crippen LogP contribution >= 0.6 is 0 Å². The first-order valence-corrected chi connectivity index (χ1v) is 7.51. The molecule has 0 fully saturated rings. The van der Waals surface area contributed by atoms with E-state index >= 15 is 0 Å². The molecule has 0 radical (unpaired) electrons. The molecule has 3 aromatic rings. The molecule has 0 saturated carbocycles. The van der Waals surface area contributed by atoms with Gasteiger partial charge in [-0.15, -0.1) is 0 Å². The Kier molecular flexibility index (Phi) is 3.97. The van der Waals surface area contributed by atoms with Crippen LogP contribution in [0.4, 0.5) is 0 Å². The third kappa shape index (κ3) is 2.62. The van der Waals surface area contributed by atoms with Crippen molar-refractivity contribution in [2.45, 2.75) is 13.8 Å². The van der Waals surface area contributed by atoms with Crippen molar-refractivity contribution >= 4 is 0 Å². The zero-order valence-electron chi connectivity index (χ0n) is 13.3. The largest absolute Gasteiger partial charge is 0.497 e. The maximum absolute atomic E-state index is 5.36. The van der Waals surface area contributed by atoms with Gasteiger partial charge in [-0.1, -0.05) is 54.6 Å². The molecule has 3 aromatic carbocycles. The molecule has 0 unspecified atom stereocenters. The van der Waals surface area contributed by atoms with Crippen LogP contribution in [0.2, 0.25) is 0 Å². The highest BCUT2D eigenvalue weighted by atomic mass is 16.5. The second-order valence-electron chi connectivity index (χ2n) is 5.53. The Hall–Kier alpha value is -2.54. The second kappa shape index (κ2) is 6.07. The first-order valence-electron chi connectivity index (χ1n) is 7.51. The van der Waals surface area contributed by atoms with E-state index in [2.05, 4.69) is 68.4 Å². The van der Waals surface area contributed by atoms with E-state index in [-0.39, 0.29) is 0 Å². The summed E-state index contributed by atoms with van der Waals surface area (Å²) < 4.78 is 5.36. The molecule has 0 saturated heterocycles. The Morgan fingerprint density at radius 1 is 0.682 bits per heavy atom. The number of rotatable bonds is 3. The van der Waals surface area contributed by atoms with Gasteiger partial charge in [0.1, 0.15) is 5.75 Å². The predicted octanol–water partition coefficient (Wildman–Crippen LogP) is 5.65. The molecule has 0 spiro atoms. The van der Waals surface area contributed by atoms with Crippen molar-refractivity contribution in [2.24, 2.45) is 0 Å². The highest BCUT2D eigenvalue weighted by Crippen LogP contribution is 2.35. The van der Waals surface area contributed by atoms with Crippen molar-refractivity contribution in [3.8, 4) is 28.0 Å². The zero-order valence-corrected chi connectivity index (χ0v) is 13.3. The summed E-state index contributed by atoms with van der Waals surface area (Å²) in [7, 11) is 1.70. The highest BCUT2D eigenvalue weighted by Gasteiger charge is 2.10. The van der Waals surface area contributed by atoms with E-state index in [9.17, 15) is 0 Å². The lowest BCUT2D eigenvalue weighted by atomic mass is 9.91. The molecule has 3 rings (SSSR count). The molecule has 0 aliphatic carbocycles. The molecule has 0 atom stereocenters. The Morgan fingerprint density at radius 2 is 1.36 bits per heavy atom. The maximum Gasteiger partial charge on any atom is 0.119 e. The Balaban J connectivity index is 2.20. The SMILES string of the molecule is COc1cccc(-c2ccccc2-c2cccc(C)c2C)c1. The van der Waals surface area contributed by atoms with Gasteiger partial charge < -0.3 is 4.74 Å². The average Bonchev–Trinajstić information content (AvgIpc) is 2.57. The molecule has 110 valence electrons. The fourth-order valence-corrected chi connectivity index (χ4v) is 2.80. The van der Waals surface area contributed by atoms with E-state index < -0.39 is 0 Å². The first-order chi connectivity index (χ1) is 10.7. The molecular formula is C21H20O. The van der Waals surface area contributed by atoms with E-state index in [0.717, 1.165) is 5.75 Å². The Bertz CT molecular complexity index is 803. The van der Waals surface area contributed by atoms with E-state index in [4.69, 9.17) is 4.74 Å². The Labute approximate surface area is 132 Å². The van der Waals surface area contributed by atoms with Crippen LogP contribution in [0.15, 0.2) is 66.7 Å². The van der Waals surface area contributed by atoms with Crippen LogP contribution in [-0.2, 0) is 0 Å². The Morgan fingerprint density at radius 3 is 2.14 bits per heavy atom. The quantitative estimate of drug-likeness (QED) is 0.605. The van der Waals surface area contributed by atoms with Gasteiger partial charge in [0.25, 0.3) is 0 Å². The number of aryl methyl sites for hydroxylation is 1.